The van der Waals surface area contributed by atoms with Crippen LogP contribution in [0.2, 0.25) is 0 Å². The Morgan fingerprint density at radius 2 is 1.59 bits per heavy atom. The quantitative estimate of drug-likeness (QED) is 0.248. The summed E-state index contributed by atoms with van der Waals surface area (Å²) in [5, 5.41) is 2.76. The van der Waals surface area contributed by atoms with Gasteiger partial charge in [0.05, 0.1) is 17.3 Å². The Hall–Kier alpha value is -4.60. The number of pyridine rings is 2. The number of rotatable bonds is 5. The summed E-state index contributed by atoms with van der Waals surface area (Å²) in [6.45, 7) is 3.74. The number of aromatic nitrogens is 3. The largest absolute Gasteiger partial charge is 0.434 e. The Morgan fingerprint density at radius 3 is 2.32 bits per heavy atom. The number of halogens is 6. The van der Waals surface area contributed by atoms with Crippen molar-refractivity contribution >= 4 is 16.9 Å². The average Bonchev–Trinajstić information content (AvgIpc) is 3.30. The number of fused-ring (bicyclic) bond motifs is 1. The first-order valence-electron chi connectivity index (χ1n) is 10.8. The van der Waals surface area contributed by atoms with Crippen molar-refractivity contribution in [3.63, 3.8) is 0 Å². The number of nitrogens with one attached hydrogen (secondary N) is 1. The number of benzene rings is 2. The van der Waals surface area contributed by atoms with Gasteiger partial charge in [-0.25, -0.2) is 18.2 Å². The van der Waals surface area contributed by atoms with Crippen molar-refractivity contribution in [1.29, 1.82) is 0 Å². The van der Waals surface area contributed by atoms with E-state index >= 15 is 0 Å². The molecule has 0 bridgehead atoms. The number of anilines is 1. The number of alkyl halides is 3. The highest BCUT2D eigenvalue weighted by Crippen LogP contribution is 2.37. The van der Waals surface area contributed by atoms with Crippen LogP contribution in [0.25, 0.3) is 33.7 Å². The molecule has 0 saturated heterocycles. The summed E-state index contributed by atoms with van der Waals surface area (Å²) < 4.78 is 84.3. The summed E-state index contributed by atoms with van der Waals surface area (Å²) in [5.41, 5.74) is -0.102. The lowest BCUT2D eigenvalue weighted by atomic mass is 10.0. The number of imidazole rings is 1. The van der Waals surface area contributed by atoms with Crippen molar-refractivity contribution in [2.75, 3.05) is 5.32 Å². The summed E-state index contributed by atoms with van der Waals surface area (Å²) in [6.07, 6.45) is -0.703. The average molecular weight is 510 g/mol. The van der Waals surface area contributed by atoms with E-state index in [2.05, 4.69) is 21.9 Å². The molecular weight excluding hydrogens is 494 g/mol. The summed E-state index contributed by atoms with van der Waals surface area (Å²) in [4.78, 5) is 7.90. The third kappa shape index (κ3) is 4.53. The first-order valence-corrected chi connectivity index (χ1v) is 10.8. The normalized spacial score (nSPS) is 11.6. The number of hydrogen-bond acceptors (Lipinski definition) is 3. The van der Waals surface area contributed by atoms with E-state index in [1.165, 1.54) is 40.9 Å². The minimum absolute atomic E-state index is 0.0692. The molecule has 0 fully saturated rings. The molecule has 5 aromatic rings. The van der Waals surface area contributed by atoms with Crippen LogP contribution in [0.5, 0.6) is 0 Å². The van der Waals surface area contributed by atoms with Crippen LogP contribution in [0, 0.1) is 17.5 Å². The molecule has 3 aromatic heterocycles. The molecule has 1 N–H and O–H groups in total. The van der Waals surface area contributed by atoms with Gasteiger partial charge in [-0.1, -0.05) is 18.7 Å². The molecular formula is C27H16F6N4. The fraction of sp³-hybridized carbons (Fsp3) is 0.0370. The molecule has 0 saturated carbocycles. The maximum Gasteiger partial charge on any atom is 0.434 e. The zero-order chi connectivity index (χ0) is 26.3. The highest BCUT2D eigenvalue weighted by atomic mass is 19.4. The third-order valence-corrected chi connectivity index (χ3v) is 5.70. The highest BCUT2D eigenvalue weighted by molar-refractivity contribution is 5.85. The van der Waals surface area contributed by atoms with Gasteiger partial charge in [-0.3, -0.25) is 9.38 Å². The van der Waals surface area contributed by atoms with Crippen LogP contribution in [0.1, 0.15) is 11.3 Å². The van der Waals surface area contributed by atoms with Gasteiger partial charge < -0.3 is 5.32 Å². The fourth-order valence-electron chi connectivity index (χ4n) is 3.98. The minimum Gasteiger partial charge on any atom is -0.355 e. The van der Waals surface area contributed by atoms with Crippen LogP contribution in [-0.4, -0.2) is 14.4 Å². The van der Waals surface area contributed by atoms with Gasteiger partial charge in [0.1, 0.15) is 11.6 Å². The molecule has 2 aromatic carbocycles. The molecule has 0 aliphatic carbocycles. The lowest BCUT2D eigenvalue weighted by Gasteiger charge is -2.17. The predicted octanol–water partition coefficient (Wildman–Crippen LogP) is 7.58. The SMILES string of the molecule is C=C(Nc1ccc(F)cc1)c1cc(-c2cccn3c(-c4cccc(F)c4F)ncc23)cnc1C(F)(F)F. The fourth-order valence-corrected chi connectivity index (χ4v) is 3.98. The Morgan fingerprint density at radius 1 is 0.865 bits per heavy atom. The van der Waals surface area contributed by atoms with Crippen molar-refractivity contribution in [3.05, 3.63) is 115 Å². The molecule has 0 spiro atoms. The molecule has 186 valence electrons. The van der Waals surface area contributed by atoms with Crippen molar-refractivity contribution in [2.45, 2.75) is 6.18 Å². The van der Waals surface area contributed by atoms with Crippen LogP contribution in [0.3, 0.4) is 0 Å². The van der Waals surface area contributed by atoms with Crippen molar-refractivity contribution in [2.24, 2.45) is 0 Å². The molecule has 0 amide bonds. The van der Waals surface area contributed by atoms with Gasteiger partial charge in [0.15, 0.2) is 17.3 Å². The second-order valence-corrected chi connectivity index (χ2v) is 8.09. The zero-order valence-corrected chi connectivity index (χ0v) is 18.8. The maximum atomic E-state index is 14.4. The lowest BCUT2D eigenvalue weighted by Crippen LogP contribution is -2.13. The summed E-state index contributed by atoms with van der Waals surface area (Å²) in [6, 6.07) is 13.3. The lowest BCUT2D eigenvalue weighted by molar-refractivity contribution is -0.141. The van der Waals surface area contributed by atoms with Gasteiger partial charge >= 0.3 is 6.18 Å². The van der Waals surface area contributed by atoms with E-state index in [0.29, 0.717) is 22.3 Å². The highest BCUT2D eigenvalue weighted by Gasteiger charge is 2.36. The Balaban J connectivity index is 1.61. The van der Waals surface area contributed by atoms with E-state index in [4.69, 9.17) is 0 Å². The Bertz CT molecular complexity index is 1640. The molecule has 0 radical (unpaired) electrons. The zero-order valence-electron chi connectivity index (χ0n) is 18.8. The van der Waals surface area contributed by atoms with E-state index in [1.54, 1.807) is 18.3 Å². The van der Waals surface area contributed by atoms with Gasteiger partial charge in [0.2, 0.25) is 0 Å². The van der Waals surface area contributed by atoms with Crippen molar-refractivity contribution in [1.82, 2.24) is 14.4 Å². The van der Waals surface area contributed by atoms with E-state index in [9.17, 15) is 26.3 Å². The molecule has 10 heteroatoms. The number of nitrogens with zero attached hydrogens (tertiary/aromatic N) is 3. The summed E-state index contributed by atoms with van der Waals surface area (Å²) in [7, 11) is 0. The van der Waals surface area contributed by atoms with Crippen LogP contribution in [-0.2, 0) is 6.18 Å². The monoisotopic (exact) mass is 510 g/mol. The number of hydrogen-bond donors (Lipinski definition) is 1. The van der Waals surface area contributed by atoms with Crippen LogP contribution in [0.15, 0.2) is 85.8 Å². The predicted molar refractivity (Wildman–Crippen MR) is 128 cm³/mol. The van der Waals surface area contributed by atoms with Crippen molar-refractivity contribution in [3.8, 4) is 22.5 Å². The molecule has 5 rings (SSSR count). The summed E-state index contributed by atoms with van der Waals surface area (Å²) >= 11 is 0. The standard InChI is InChI=1S/C27H16F6N4/c1-15(36-18-9-7-17(28)8-10-18)21-12-16(13-34-25(21)27(31,32)33)19-5-3-11-37-23(19)14-35-26(37)20-4-2-6-22(29)24(20)30/h2-14,36H,1H2. The van der Waals surface area contributed by atoms with E-state index in [1.807, 2.05) is 0 Å². The molecule has 0 atom stereocenters. The molecule has 37 heavy (non-hydrogen) atoms. The molecule has 0 aliphatic rings. The summed E-state index contributed by atoms with van der Waals surface area (Å²) in [5.74, 6) is -2.48. The second kappa shape index (κ2) is 9.12. The smallest absolute Gasteiger partial charge is 0.355 e. The van der Waals surface area contributed by atoms with Gasteiger partial charge in [-0.2, -0.15) is 13.2 Å². The molecule has 0 aliphatic heterocycles. The van der Waals surface area contributed by atoms with E-state index in [-0.39, 0.29) is 22.6 Å². The first kappa shape index (κ1) is 24.1. The minimum atomic E-state index is -4.77. The van der Waals surface area contributed by atoms with Gasteiger partial charge in [0.25, 0.3) is 0 Å². The topological polar surface area (TPSA) is 42.2 Å². The Kier molecular flexibility index (Phi) is 5.94. The van der Waals surface area contributed by atoms with Crippen LogP contribution in [0.4, 0.5) is 32.0 Å². The van der Waals surface area contributed by atoms with Gasteiger partial charge in [-0.15, -0.1) is 0 Å². The van der Waals surface area contributed by atoms with Gasteiger partial charge in [-0.05, 0) is 48.5 Å². The maximum absolute atomic E-state index is 14.4. The second-order valence-electron chi connectivity index (χ2n) is 8.09. The molecule has 3 heterocycles. The van der Waals surface area contributed by atoms with E-state index in [0.717, 1.165) is 24.4 Å². The Labute approximate surface area is 206 Å². The van der Waals surface area contributed by atoms with Crippen LogP contribution >= 0.6 is 0 Å². The van der Waals surface area contributed by atoms with Crippen LogP contribution < -0.4 is 5.32 Å². The first-order chi connectivity index (χ1) is 17.6. The third-order valence-electron chi connectivity index (χ3n) is 5.70. The van der Waals surface area contributed by atoms with E-state index < -0.39 is 29.3 Å². The van der Waals surface area contributed by atoms with Gasteiger partial charge in [0, 0.05) is 40.5 Å². The molecule has 0 unspecified atom stereocenters. The molecule has 4 nitrogen and oxygen atoms in total. The van der Waals surface area contributed by atoms with Crippen molar-refractivity contribution < 1.29 is 26.3 Å².